The molecule has 16 heavy (non-hydrogen) atoms. The van der Waals surface area contributed by atoms with Crippen molar-refractivity contribution < 1.29 is 20.5 Å². The van der Waals surface area contributed by atoms with Gasteiger partial charge >= 0.3 is 0 Å². The number of quaternary nitrogens is 1. The molecule has 0 bridgehead atoms. The van der Waals surface area contributed by atoms with Gasteiger partial charge in [-0.1, -0.05) is 30.3 Å². The van der Waals surface area contributed by atoms with Gasteiger partial charge in [0.05, 0.1) is 0 Å². The molecule has 0 spiro atoms. The molecule has 0 saturated carbocycles. The van der Waals surface area contributed by atoms with Crippen molar-refractivity contribution in [3.63, 3.8) is 0 Å². The Hall–Kier alpha value is -0.380. The topological polar surface area (TPSA) is 0 Å². The Labute approximate surface area is 116 Å². The summed E-state index contributed by atoms with van der Waals surface area (Å²) in [4.78, 5) is 0. The van der Waals surface area contributed by atoms with Crippen LogP contribution in [0.4, 0.5) is 0 Å². The van der Waals surface area contributed by atoms with Gasteiger partial charge in [0.2, 0.25) is 16.1 Å². The molecule has 0 radical (unpaired) electrons. The smallest absolute Gasteiger partial charge is 0.233 e. The first-order valence-corrected chi connectivity index (χ1v) is 5.85. The highest BCUT2D eigenvalue weighted by Gasteiger charge is 2.23. The normalized spacial score (nSPS) is 23.5. The van der Waals surface area contributed by atoms with E-state index in [2.05, 4.69) is 71.8 Å². The molecule has 0 aromatic heterocycles. The van der Waals surface area contributed by atoms with Crippen LogP contribution in [0.15, 0.2) is 54.3 Å². The van der Waals surface area contributed by atoms with E-state index in [1.54, 1.807) is 0 Å². The SMILES string of the molecule is CC1=CC[N+](Br)(Cc2ccccc2)C=C1.[Br-]. The summed E-state index contributed by atoms with van der Waals surface area (Å²) >= 11 is 3.77. The van der Waals surface area contributed by atoms with Crippen LogP contribution >= 0.6 is 16.1 Å². The molecule has 2 rings (SSSR count). The van der Waals surface area contributed by atoms with Gasteiger partial charge in [-0.3, -0.25) is 0 Å². The Kier molecular flexibility index (Phi) is 4.96. The summed E-state index contributed by atoms with van der Waals surface area (Å²) in [6.45, 7) is 4.13. The number of hydrogen-bond donors (Lipinski definition) is 0. The lowest BCUT2D eigenvalue weighted by Crippen LogP contribution is -3.00. The highest BCUT2D eigenvalue weighted by atomic mass is 79.9. The summed E-state index contributed by atoms with van der Waals surface area (Å²) in [6, 6.07) is 10.6. The molecule has 86 valence electrons. The van der Waals surface area contributed by atoms with Crippen molar-refractivity contribution in [3.05, 3.63) is 59.8 Å². The first-order chi connectivity index (χ1) is 7.18. The summed E-state index contributed by atoms with van der Waals surface area (Å²) in [5.41, 5.74) is 2.70. The van der Waals surface area contributed by atoms with Gasteiger partial charge in [0, 0.05) is 5.56 Å². The van der Waals surface area contributed by atoms with E-state index in [4.69, 9.17) is 0 Å². The first-order valence-electron chi connectivity index (χ1n) is 5.14. The Balaban J connectivity index is 0.00000128. The van der Waals surface area contributed by atoms with Crippen LogP contribution in [0.3, 0.4) is 0 Å². The maximum atomic E-state index is 3.77. The van der Waals surface area contributed by atoms with Crippen molar-refractivity contribution in [2.45, 2.75) is 13.5 Å². The third kappa shape index (κ3) is 3.58. The molecule has 1 aliphatic heterocycles. The highest BCUT2D eigenvalue weighted by Crippen LogP contribution is 2.25. The van der Waals surface area contributed by atoms with E-state index in [-0.39, 0.29) is 17.0 Å². The third-order valence-electron chi connectivity index (χ3n) is 2.61. The Bertz CT molecular complexity index is 398. The van der Waals surface area contributed by atoms with Crippen molar-refractivity contribution in [2.75, 3.05) is 6.54 Å². The molecule has 0 saturated heterocycles. The van der Waals surface area contributed by atoms with E-state index in [9.17, 15) is 0 Å². The summed E-state index contributed by atoms with van der Waals surface area (Å²) in [5.74, 6) is 0. The summed E-state index contributed by atoms with van der Waals surface area (Å²) in [5, 5.41) is 0. The van der Waals surface area contributed by atoms with Crippen molar-refractivity contribution in [1.29, 1.82) is 0 Å². The van der Waals surface area contributed by atoms with Crippen LogP contribution in [-0.4, -0.2) is 10.1 Å². The Morgan fingerprint density at radius 2 is 1.94 bits per heavy atom. The lowest BCUT2D eigenvalue weighted by molar-refractivity contribution is -0.732. The molecule has 1 nitrogen and oxygen atoms in total. The van der Waals surface area contributed by atoms with Crippen LogP contribution in [0.2, 0.25) is 0 Å². The number of hydrogen-bond acceptors (Lipinski definition) is 0. The molecule has 1 heterocycles. The van der Waals surface area contributed by atoms with Crippen molar-refractivity contribution >= 4 is 16.1 Å². The van der Waals surface area contributed by atoms with Crippen LogP contribution in [0.25, 0.3) is 0 Å². The van der Waals surface area contributed by atoms with Gasteiger partial charge in [-0.25, -0.2) is 3.51 Å². The zero-order valence-electron chi connectivity index (χ0n) is 9.24. The lowest BCUT2D eigenvalue weighted by atomic mass is 10.2. The first kappa shape index (κ1) is 13.7. The second-order valence-electron chi connectivity index (χ2n) is 4.02. The van der Waals surface area contributed by atoms with Gasteiger partial charge in [-0.05, 0) is 24.6 Å². The zero-order chi connectivity index (χ0) is 10.7. The molecule has 1 aromatic rings. The van der Waals surface area contributed by atoms with Crippen molar-refractivity contribution in [1.82, 2.24) is 0 Å². The predicted octanol–water partition coefficient (Wildman–Crippen LogP) is 0.791. The van der Waals surface area contributed by atoms with Crippen LogP contribution in [-0.2, 0) is 6.54 Å². The summed E-state index contributed by atoms with van der Waals surface area (Å²) < 4.78 is 0.786. The van der Waals surface area contributed by atoms with E-state index in [1.165, 1.54) is 11.1 Å². The second kappa shape index (κ2) is 5.80. The molecule has 3 heteroatoms. The van der Waals surface area contributed by atoms with Gasteiger partial charge in [0.15, 0.2) is 0 Å². The number of allylic oxidation sites excluding steroid dienone is 2. The quantitative estimate of drug-likeness (QED) is 0.696. The monoisotopic (exact) mass is 343 g/mol. The second-order valence-corrected chi connectivity index (χ2v) is 5.43. The number of rotatable bonds is 2. The minimum absolute atomic E-state index is 0. The minimum Gasteiger partial charge on any atom is -1.00 e. The van der Waals surface area contributed by atoms with Crippen molar-refractivity contribution in [2.24, 2.45) is 0 Å². The minimum atomic E-state index is 0. The molecule has 1 atom stereocenters. The van der Waals surface area contributed by atoms with Crippen LogP contribution < -0.4 is 17.0 Å². The standard InChI is InChI=1S/C13H15BrN.BrH/c1-12-7-9-15(14,10-8-12)11-13-5-3-2-4-6-13;/h2-9H,10-11H2,1H3;1H/q+1;/p-1. The fourth-order valence-corrected chi connectivity index (χ4v) is 2.23. The van der Waals surface area contributed by atoms with Gasteiger partial charge in [-0.15, -0.1) is 0 Å². The average Bonchev–Trinajstić information content (AvgIpc) is 2.24. The van der Waals surface area contributed by atoms with Gasteiger partial charge in [0.1, 0.15) is 19.3 Å². The lowest BCUT2D eigenvalue weighted by Gasteiger charge is -2.27. The third-order valence-corrected chi connectivity index (χ3v) is 3.39. The number of halogens is 2. The van der Waals surface area contributed by atoms with Crippen molar-refractivity contribution in [3.8, 4) is 0 Å². The van der Waals surface area contributed by atoms with E-state index >= 15 is 0 Å². The zero-order valence-corrected chi connectivity index (χ0v) is 12.4. The molecular formula is C13H15Br2N. The van der Waals surface area contributed by atoms with Gasteiger partial charge in [-0.2, -0.15) is 0 Å². The van der Waals surface area contributed by atoms with E-state index in [1.807, 2.05) is 0 Å². The van der Waals surface area contributed by atoms with E-state index in [0.29, 0.717) is 0 Å². The molecule has 0 N–H and O–H groups in total. The maximum absolute atomic E-state index is 3.77. The Morgan fingerprint density at radius 3 is 2.50 bits per heavy atom. The highest BCUT2D eigenvalue weighted by molar-refractivity contribution is 9.05. The average molecular weight is 345 g/mol. The van der Waals surface area contributed by atoms with E-state index in [0.717, 1.165) is 16.6 Å². The molecule has 0 aliphatic carbocycles. The molecule has 0 amide bonds. The molecule has 1 aliphatic rings. The molecule has 1 unspecified atom stereocenters. The van der Waals surface area contributed by atoms with Crippen LogP contribution in [0.5, 0.6) is 0 Å². The summed E-state index contributed by atoms with van der Waals surface area (Å²) in [6.07, 6.45) is 6.64. The predicted molar refractivity (Wildman–Crippen MR) is 67.1 cm³/mol. The van der Waals surface area contributed by atoms with Gasteiger partial charge < -0.3 is 17.0 Å². The molecular weight excluding hydrogens is 330 g/mol. The molecule has 1 aromatic carbocycles. The Morgan fingerprint density at radius 1 is 1.25 bits per heavy atom. The maximum Gasteiger partial charge on any atom is 0.233 e. The fourth-order valence-electron chi connectivity index (χ4n) is 1.68. The van der Waals surface area contributed by atoms with E-state index < -0.39 is 0 Å². The summed E-state index contributed by atoms with van der Waals surface area (Å²) in [7, 11) is 0. The molecule has 0 fully saturated rings. The number of nitrogens with zero attached hydrogens (tertiary/aromatic N) is 1. The van der Waals surface area contributed by atoms with Gasteiger partial charge in [0.25, 0.3) is 0 Å². The largest absolute Gasteiger partial charge is 1.00 e. The number of benzene rings is 1. The van der Waals surface area contributed by atoms with Crippen LogP contribution in [0, 0.1) is 0 Å². The fraction of sp³-hybridized carbons (Fsp3) is 0.231. The van der Waals surface area contributed by atoms with Crippen LogP contribution in [0.1, 0.15) is 12.5 Å².